The zero-order chi connectivity index (χ0) is 15.1. The number of nitrogens with zero attached hydrogens (tertiary/aromatic N) is 2. The van der Waals surface area contributed by atoms with Crippen LogP contribution in [0.25, 0.3) is 0 Å². The van der Waals surface area contributed by atoms with Crippen LogP contribution in [0.2, 0.25) is 0 Å². The molecule has 0 bridgehead atoms. The zero-order valence-corrected chi connectivity index (χ0v) is 12.5. The van der Waals surface area contributed by atoms with Gasteiger partial charge in [0.25, 0.3) is 0 Å². The topological polar surface area (TPSA) is 53.3 Å². The van der Waals surface area contributed by atoms with E-state index in [2.05, 4.69) is 23.1 Å². The maximum Gasteiger partial charge on any atom is 0.310 e. The average molecular weight is 286 g/mol. The number of piperidine rings is 1. The molecule has 4 heteroatoms. The van der Waals surface area contributed by atoms with Gasteiger partial charge >= 0.3 is 5.97 Å². The van der Waals surface area contributed by atoms with Crippen molar-refractivity contribution in [2.75, 3.05) is 19.7 Å². The Balaban J connectivity index is 1.94. The molecule has 0 spiro atoms. The van der Waals surface area contributed by atoms with Crippen molar-refractivity contribution in [3.8, 4) is 6.07 Å². The molecule has 21 heavy (non-hydrogen) atoms. The highest BCUT2D eigenvalue weighted by atomic mass is 16.5. The fourth-order valence-electron chi connectivity index (χ4n) is 2.84. The van der Waals surface area contributed by atoms with Crippen molar-refractivity contribution in [1.82, 2.24) is 4.90 Å². The molecule has 112 valence electrons. The zero-order valence-electron chi connectivity index (χ0n) is 12.5. The lowest BCUT2D eigenvalue weighted by Crippen LogP contribution is -2.38. The normalized spacial score (nSPS) is 19.0. The quantitative estimate of drug-likeness (QED) is 0.781. The first-order valence-corrected chi connectivity index (χ1v) is 7.56. The molecule has 1 unspecified atom stereocenters. The van der Waals surface area contributed by atoms with Gasteiger partial charge in [-0.25, -0.2) is 0 Å². The van der Waals surface area contributed by atoms with Gasteiger partial charge in [0.1, 0.15) is 0 Å². The Morgan fingerprint density at radius 2 is 2.29 bits per heavy atom. The van der Waals surface area contributed by atoms with E-state index in [0.29, 0.717) is 13.0 Å². The summed E-state index contributed by atoms with van der Waals surface area (Å²) < 4.78 is 5.13. The highest BCUT2D eigenvalue weighted by Crippen LogP contribution is 2.20. The van der Waals surface area contributed by atoms with E-state index in [4.69, 9.17) is 10.00 Å². The van der Waals surface area contributed by atoms with Crippen LogP contribution in [0.15, 0.2) is 24.3 Å². The second-order valence-electron chi connectivity index (χ2n) is 5.48. The van der Waals surface area contributed by atoms with E-state index in [9.17, 15) is 4.79 Å². The summed E-state index contributed by atoms with van der Waals surface area (Å²) in [6.45, 7) is 4.90. The summed E-state index contributed by atoms with van der Waals surface area (Å²) in [5, 5.41) is 8.77. The Hall–Kier alpha value is -1.86. The van der Waals surface area contributed by atoms with Gasteiger partial charge in [0.05, 0.1) is 25.0 Å². The molecule has 1 fully saturated rings. The number of hydrogen-bond acceptors (Lipinski definition) is 4. The maximum absolute atomic E-state index is 11.9. The molecule has 1 aliphatic rings. The third-order valence-electron chi connectivity index (χ3n) is 3.81. The summed E-state index contributed by atoms with van der Waals surface area (Å²) in [5.41, 5.74) is 2.25. The minimum atomic E-state index is -0.0690. The summed E-state index contributed by atoms with van der Waals surface area (Å²) in [7, 11) is 0. The summed E-state index contributed by atoms with van der Waals surface area (Å²) in [6, 6.07) is 10.3. The van der Waals surface area contributed by atoms with Crippen LogP contribution in [0.3, 0.4) is 0 Å². The van der Waals surface area contributed by atoms with Gasteiger partial charge < -0.3 is 4.74 Å². The van der Waals surface area contributed by atoms with Crippen LogP contribution in [0.4, 0.5) is 0 Å². The predicted octanol–water partition coefficient (Wildman–Crippen LogP) is 2.53. The maximum atomic E-state index is 11.9. The first-order valence-electron chi connectivity index (χ1n) is 7.56. The van der Waals surface area contributed by atoms with Crippen LogP contribution in [-0.2, 0) is 22.5 Å². The van der Waals surface area contributed by atoms with Crippen molar-refractivity contribution in [1.29, 1.82) is 5.26 Å². The molecule has 1 heterocycles. The summed E-state index contributed by atoms with van der Waals surface area (Å²) in [5.74, 6) is -0.0681. The van der Waals surface area contributed by atoms with E-state index in [1.165, 1.54) is 5.56 Å². The molecular formula is C17H22N2O2. The van der Waals surface area contributed by atoms with Crippen molar-refractivity contribution >= 4 is 5.97 Å². The Bertz CT molecular complexity index is 522. The van der Waals surface area contributed by atoms with Gasteiger partial charge in [0.2, 0.25) is 0 Å². The van der Waals surface area contributed by atoms with Gasteiger partial charge in [-0.1, -0.05) is 24.3 Å². The summed E-state index contributed by atoms with van der Waals surface area (Å²) >= 11 is 0. The molecule has 0 amide bonds. The van der Waals surface area contributed by atoms with Crippen LogP contribution in [0.5, 0.6) is 0 Å². The number of benzene rings is 1. The Morgan fingerprint density at radius 3 is 3.05 bits per heavy atom. The molecular weight excluding hydrogens is 264 g/mol. The molecule has 2 rings (SSSR count). The van der Waals surface area contributed by atoms with E-state index in [0.717, 1.165) is 38.0 Å². The highest BCUT2D eigenvalue weighted by molar-refractivity contribution is 5.72. The van der Waals surface area contributed by atoms with Gasteiger partial charge in [-0.3, -0.25) is 9.69 Å². The van der Waals surface area contributed by atoms with Gasteiger partial charge in [-0.2, -0.15) is 5.26 Å². The Kier molecular flexibility index (Phi) is 5.77. The number of esters is 1. The molecule has 4 nitrogen and oxygen atoms in total. The third kappa shape index (κ3) is 4.57. The van der Waals surface area contributed by atoms with Crippen molar-refractivity contribution in [2.45, 2.75) is 32.7 Å². The van der Waals surface area contributed by atoms with Crippen molar-refractivity contribution in [3.63, 3.8) is 0 Å². The van der Waals surface area contributed by atoms with E-state index >= 15 is 0 Å². The highest BCUT2D eigenvalue weighted by Gasteiger charge is 2.26. The van der Waals surface area contributed by atoms with Crippen LogP contribution in [0.1, 0.15) is 30.9 Å². The SMILES string of the molecule is CCOC(=O)C1CCCN(Cc2cccc(CC#N)c2)C1. The van der Waals surface area contributed by atoms with Crippen molar-refractivity contribution in [3.05, 3.63) is 35.4 Å². The summed E-state index contributed by atoms with van der Waals surface area (Å²) in [6.07, 6.45) is 2.39. The van der Waals surface area contributed by atoms with Crippen LogP contribution >= 0.6 is 0 Å². The molecule has 0 radical (unpaired) electrons. The first kappa shape index (κ1) is 15.5. The number of rotatable bonds is 5. The van der Waals surface area contributed by atoms with Crippen LogP contribution in [-0.4, -0.2) is 30.6 Å². The predicted molar refractivity (Wildman–Crippen MR) is 80.4 cm³/mol. The molecule has 1 saturated heterocycles. The fraction of sp³-hybridized carbons (Fsp3) is 0.529. The van der Waals surface area contributed by atoms with E-state index in [-0.39, 0.29) is 11.9 Å². The molecule has 1 aromatic rings. The third-order valence-corrected chi connectivity index (χ3v) is 3.81. The average Bonchev–Trinajstić information content (AvgIpc) is 2.48. The molecule has 0 aromatic heterocycles. The Labute approximate surface area is 126 Å². The molecule has 0 N–H and O–H groups in total. The smallest absolute Gasteiger partial charge is 0.310 e. The molecule has 1 aromatic carbocycles. The number of ether oxygens (including phenoxy) is 1. The number of likely N-dealkylation sites (tertiary alicyclic amines) is 1. The largest absolute Gasteiger partial charge is 0.466 e. The number of hydrogen-bond donors (Lipinski definition) is 0. The van der Waals surface area contributed by atoms with E-state index < -0.39 is 0 Å². The molecule has 0 aliphatic carbocycles. The summed E-state index contributed by atoms with van der Waals surface area (Å²) in [4.78, 5) is 14.2. The Morgan fingerprint density at radius 1 is 1.48 bits per heavy atom. The second kappa shape index (κ2) is 7.80. The number of carbonyl (C=O) groups is 1. The molecule has 0 saturated carbocycles. The second-order valence-corrected chi connectivity index (χ2v) is 5.48. The van der Waals surface area contributed by atoms with Crippen molar-refractivity contribution < 1.29 is 9.53 Å². The van der Waals surface area contributed by atoms with Crippen LogP contribution in [0, 0.1) is 17.2 Å². The van der Waals surface area contributed by atoms with Crippen molar-refractivity contribution in [2.24, 2.45) is 5.92 Å². The van der Waals surface area contributed by atoms with E-state index in [1.54, 1.807) is 0 Å². The van der Waals surface area contributed by atoms with Crippen LogP contribution < -0.4 is 0 Å². The van der Waals surface area contributed by atoms with E-state index in [1.807, 2.05) is 19.1 Å². The minimum Gasteiger partial charge on any atom is -0.466 e. The van der Waals surface area contributed by atoms with Gasteiger partial charge in [-0.05, 0) is 37.4 Å². The monoisotopic (exact) mass is 286 g/mol. The van der Waals surface area contributed by atoms with Gasteiger partial charge in [-0.15, -0.1) is 0 Å². The number of nitriles is 1. The molecule has 1 atom stereocenters. The minimum absolute atomic E-state index is 0.000918. The van der Waals surface area contributed by atoms with Gasteiger partial charge in [0, 0.05) is 13.1 Å². The first-order chi connectivity index (χ1) is 10.2. The fourth-order valence-corrected chi connectivity index (χ4v) is 2.84. The lowest BCUT2D eigenvalue weighted by atomic mass is 9.97. The lowest BCUT2D eigenvalue weighted by molar-refractivity contribution is -0.150. The van der Waals surface area contributed by atoms with Gasteiger partial charge in [0.15, 0.2) is 0 Å². The number of carbonyl (C=O) groups excluding carboxylic acids is 1. The standard InChI is InChI=1S/C17H22N2O2/c1-2-21-17(20)16-7-4-10-19(13-16)12-15-6-3-5-14(11-15)8-9-18/h3,5-6,11,16H,2,4,7-8,10,12-13H2,1H3. The molecule has 1 aliphatic heterocycles. The lowest BCUT2D eigenvalue weighted by Gasteiger charge is -2.31.